The lowest BCUT2D eigenvalue weighted by Gasteiger charge is -2.11. The summed E-state index contributed by atoms with van der Waals surface area (Å²) < 4.78 is 1.79. The molecule has 1 heterocycles. The van der Waals surface area contributed by atoms with Crippen molar-refractivity contribution in [2.45, 2.75) is 12.5 Å². The van der Waals surface area contributed by atoms with Crippen LogP contribution >= 0.6 is 23.2 Å². The van der Waals surface area contributed by atoms with E-state index in [1.165, 1.54) is 0 Å². The molecule has 2 rings (SSSR count). The van der Waals surface area contributed by atoms with Crippen molar-refractivity contribution in [2.24, 2.45) is 7.05 Å². The predicted octanol–water partition coefficient (Wildman–Crippen LogP) is 3.00. The number of halogens is 2. The Kier molecular flexibility index (Phi) is 3.72. The normalized spacial score (nSPS) is 12.7. The summed E-state index contributed by atoms with van der Waals surface area (Å²) in [5.74, 6) is 0.621. The molecule has 0 saturated carbocycles. The molecule has 0 radical (unpaired) electrons. The molecule has 0 fully saturated rings. The summed E-state index contributed by atoms with van der Waals surface area (Å²) in [6.45, 7) is 0. The molecule has 1 unspecified atom stereocenters. The Morgan fingerprint density at radius 2 is 2.18 bits per heavy atom. The molecule has 0 spiro atoms. The Balaban J connectivity index is 2.19. The largest absolute Gasteiger partial charge is 0.385 e. The van der Waals surface area contributed by atoms with E-state index in [-0.39, 0.29) is 0 Å². The number of hydrogen-bond donors (Lipinski definition) is 1. The summed E-state index contributed by atoms with van der Waals surface area (Å²) in [7, 11) is 1.84. The van der Waals surface area contributed by atoms with E-state index in [4.69, 9.17) is 23.2 Å². The number of imidazole rings is 1. The van der Waals surface area contributed by atoms with Gasteiger partial charge in [-0.05, 0) is 17.7 Å². The number of benzene rings is 1. The molecule has 0 aliphatic rings. The topological polar surface area (TPSA) is 38.0 Å². The third kappa shape index (κ3) is 2.80. The molecule has 0 aliphatic carbocycles. The molecule has 1 atom stereocenters. The molecular formula is C12H12Cl2N2O. The zero-order valence-corrected chi connectivity index (χ0v) is 10.8. The summed E-state index contributed by atoms with van der Waals surface area (Å²) in [4.78, 5) is 4.10. The smallest absolute Gasteiger partial charge is 0.137 e. The van der Waals surface area contributed by atoms with Gasteiger partial charge in [-0.25, -0.2) is 4.98 Å². The number of aromatic nitrogens is 2. The van der Waals surface area contributed by atoms with E-state index in [1.807, 2.05) is 13.1 Å². The van der Waals surface area contributed by atoms with E-state index in [0.29, 0.717) is 22.3 Å². The second-order valence-corrected chi connectivity index (χ2v) is 4.70. The third-order valence-electron chi connectivity index (χ3n) is 2.58. The monoisotopic (exact) mass is 270 g/mol. The molecule has 0 saturated heterocycles. The van der Waals surface area contributed by atoms with E-state index in [1.54, 1.807) is 29.1 Å². The number of aliphatic hydroxyl groups is 1. The minimum atomic E-state index is -0.673. The lowest BCUT2D eigenvalue weighted by atomic mass is 10.1. The number of nitrogens with zero attached hydrogens (tertiary/aromatic N) is 2. The summed E-state index contributed by atoms with van der Waals surface area (Å²) >= 11 is 11.9. The van der Waals surface area contributed by atoms with Gasteiger partial charge in [0.05, 0.1) is 0 Å². The quantitative estimate of drug-likeness (QED) is 0.931. The van der Waals surface area contributed by atoms with Crippen LogP contribution in [0.1, 0.15) is 17.5 Å². The summed E-state index contributed by atoms with van der Waals surface area (Å²) in [5, 5.41) is 11.2. The van der Waals surface area contributed by atoms with Crippen LogP contribution in [0.4, 0.5) is 0 Å². The van der Waals surface area contributed by atoms with E-state index in [9.17, 15) is 5.11 Å². The highest BCUT2D eigenvalue weighted by Crippen LogP contribution is 2.25. The SMILES string of the molecule is Cn1ccnc1C(O)Cc1ccc(Cl)cc1Cl. The minimum absolute atomic E-state index is 0.418. The average Bonchev–Trinajstić information content (AvgIpc) is 2.68. The van der Waals surface area contributed by atoms with Crippen molar-refractivity contribution in [1.82, 2.24) is 9.55 Å². The van der Waals surface area contributed by atoms with E-state index in [0.717, 1.165) is 5.56 Å². The first-order valence-electron chi connectivity index (χ1n) is 5.17. The summed E-state index contributed by atoms with van der Waals surface area (Å²) in [6, 6.07) is 5.24. The first-order chi connectivity index (χ1) is 8.08. The van der Waals surface area contributed by atoms with E-state index < -0.39 is 6.10 Å². The maximum Gasteiger partial charge on any atom is 0.137 e. The van der Waals surface area contributed by atoms with E-state index >= 15 is 0 Å². The van der Waals surface area contributed by atoms with Crippen LogP contribution in [-0.2, 0) is 13.5 Å². The Morgan fingerprint density at radius 1 is 1.41 bits per heavy atom. The summed E-state index contributed by atoms with van der Waals surface area (Å²) in [6.07, 6.45) is 3.19. The van der Waals surface area contributed by atoms with E-state index in [2.05, 4.69) is 4.98 Å². The molecule has 90 valence electrons. The molecule has 2 aromatic rings. The molecule has 1 aromatic heterocycles. The van der Waals surface area contributed by atoms with Crippen molar-refractivity contribution < 1.29 is 5.11 Å². The lowest BCUT2D eigenvalue weighted by molar-refractivity contribution is 0.165. The Hall–Kier alpha value is -1.03. The first-order valence-corrected chi connectivity index (χ1v) is 5.92. The van der Waals surface area contributed by atoms with Gasteiger partial charge in [0, 0.05) is 35.9 Å². The molecule has 5 heteroatoms. The van der Waals surface area contributed by atoms with Gasteiger partial charge in [0.2, 0.25) is 0 Å². The van der Waals surface area contributed by atoms with Crippen molar-refractivity contribution in [3.05, 3.63) is 52.0 Å². The van der Waals surface area contributed by atoms with Gasteiger partial charge in [-0.3, -0.25) is 0 Å². The number of aryl methyl sites for hydroxylation is 1. The van der Waals surface area contributed by atoms with Gasteiger partial charge in [0.25, 0.3) is 0 Å². The molecular weight excluding hydrogens is 259 g/mol. The number of hydrogen-bond acceptors (Lipinski definition) is 2. The van der Waals surface area contributed by atoms with Crippen molar-refractivity contribution >= 4 is 23.2 Å². The number of aliphatic hydroxyl groups excluding tert-OH is 1. The average molecular weight is 271 g/mol. The molecule has 17 heavy (non-hydrogen) atoms. The molecule has 0 amide bonds. The van der Waals surface area contributed by atoms with Crippen molar-refractivity contribution in [3.63, 3.8) is 0 Å². The van der Waals surface area contributed by atoms with Crippen LogP contribution in [0.25, 0.3) is 0 Å². The van der Waals surface area contributed by atoms with Crippen LogP contribution in [0, 0.1) is 0 Å². The maximum atomic E-state index is 10.1. The Morgan fingerprint density at radius 3 is 2.76 bits per heavy atom. The van der Waals surface area contributed by atoms with Crippen molar-refractivity contribution in [3.8, 4) is 0 Å². The molecule has 0 bridgehead atoms. The van der Waals surface area contributed by atoms with Gasteiger partial charge in [-0.1, -0.05) is 29.3 Å². The lowest BCUT2D eigenvalue weighted by Crippen LogP contribution is -2.08. The predicted molar refractivity (Wildman–Crippen MR) is 68.3 cm³/mol. The molecule has 0 aliphatic heterocycles. The van der Waals surface area contributed by atoms with Gasteiger partial charge in [0.15, 0.2) is 0 Å². The van der Waals surface area contributed by atoms with Gasteiger partial charge in [-0.2, -0.15) is 0 Å². The molecule has 1 N–H and O–H groups in total. The highest BCUT2D eigenvalue weighted by molar-refractivity contribution is 6.35. The maximum absolute atomic E-state index is 10.1. The van der Waals surface area contributed by atoms with Crippen LogP contribution in [-0.4, -0.2) is 14.7 Å². The van der Waals surface area contributed by atoms with Crippen LogP contribution in [0.15, 0.2) is 30.6 Å². The van der Waals surface area contributed by atoms with Crippen molar-refractivity contribution in [2.75, 3.05) is 0 Å². The highest BCUT2D eigenvalue weighted by Gasteiger charge is 2.14. The summed E-state index contributed by atoms with van der Waals surface area (Å²) in [5.41, 5.74) is 0.853. The van der Waals surface area contributed by atoms with Gasteiger partial charge >= 0.3 is 0 Å². The van der Waals surface area contributed by atoms with Crippen LogP contribution in [0.2, 0.25) is 10.0 Å². The Labute approximate surface area is 110 Å². The highest BCUT2D eigenvalue weighted by atomic mass is 35.5. The fourth-order valence-electron chi connectivity index (χ4n) is 1.69. The minimum Gasteiger partial charge on any atom is -0.385 e. The van der Waals surface area contributed by atoms with Gasteiger partial charge < -0.3 is 9.67 Å². The number of rotatable bonds is 3. The second-order valence-electron chi connectivity index (χ2n) is 3.85. The molecule has 3 nitrogen and oxygen atoms in total. The fraction of sp³-hybridized carbons (Fsp3) is 0.250. The zero-order valence-electron chi connectivity index (χ0n) is 9.27. The zero-order chi connectivity index (χ0) is 12.4. The molecule has 1 aromatic carbocycles. The van der Waals surface area contributed by atoms with Crippen molar-refractivity contribution in [1.29, 1.82) is 0 Å². The third-order valence-corrected chi connectivity index (χ3v) is 3.17. The van der Waals surface area contributed by atoms with Crippen LogP contribution in [0.3, 0.4) is 0 Å². The van der Waals surface area contributed by atoms with Gasteiger partial charge in [-0.15, -0.1) is 0 Å². The Bertz CT molecular complexity index is 525. The van der Waals surface area contributed by atoms with Gasteiger partial charge in [0.1, 0.15) is 11.9 Å². The second kappa shape index (κ2) is 5.08. The van der Waals surface area contributed by atoms with Crippen LogP contribution < -0.4 is 0 Å². The fourth-order valence-corrected chi connectivity index (χ4v) is 2.17. The van der Waals surface area contributed by atoms with Crippen LogP contribution in [0.5, 0.6) is 0 Å². The standard InChI is InChI=1S/C12H12Cl2N2O/c1-16-5-4-15-12(16)11(17)6-8-2-3-9(13)7-10(8)14/h2-5,7,11,17H,6H2,1H3. The first kappa shape index (κ1) is 12.4.